The molecule has 1 aromatic carbocycles. The minimum atomic E-state index is -0.546. The van der Waals surface area contributed by atoms with E-state index in [-0.39, 0.29) is 29.1 Å². The van der Waals surface area contributed by atoms with E-state index in [0.29, 0.717) is 13.2 Å². The Morgan fingerprint density at radius 2 is 2.14 bits per heavy atom. The maximum Gasteiger partial charge on any atom is 0.340 e. The van der Waals surface area contributed by atoms with Crippen LogP contribution >= 0.6 is 0 Å². The largest absolute Gasteiger partial charge is 0.462 e. The van der Waals surface area contributed by atoms with Crippen LogP contribution in [0.15, 0.2) is 12.1 Å². The van der Waals surface area contributed by atoms with Gasteiger partial charge in [0.2, 0.25) is 0 Å². The fraction of sp³-hybridized carbons (Fsp3) is 0.533. The molecule has 0 saturated carbocycles. The van der Waals surface area contributed by atoms with Gasteiger partial charge in [-0.05, 0) is 38.8 Å². The zero-order chi connectivity index (χ0) is 15.5. The molecule has 0 amide bonds. The molecule has 0 spiro atoms. The van der Waals surface area contributed by atoms with E-state index in [0.717, 1.165) is 18.9 Å². The van der Waals surface area contributed by atoms with Crippen molar-refractivity contribution in [1.82, 2.24) is 0 Å². The monoisotopic (exact) mass is 296 g/mol. The lowest BCUT2D eigenvalue weighted by atomic mass is 9.92. The third-order valence-electron chi connectivity index (χ3n) is 3.67. The first kappa shape index (κ1) is 15.6. The first-order valence-electron chi connectivity index (χ1n) is 7.07. The summed E-state index contributed by atoms with van der Waals surface area (Å²) in [6.45, 7) is 5.22. The number of rotatable bonds is 4. The van der Waals surface area contributed by atoms with E-state index in [1.54, 1.807) is 6.92 Å². The molecule has 116 valence electrons. The molecule has 0 aromatic heterocycles. The van der Waals surface area contributed by atoms with E-state index in [1.165, 1.54) is 6.07 Å². The molecule has 1 aromatic rings. The van der Waals surface area contributed by atoms with E-state index in [1.807, 2.05) is 6.92 Å². The van der Waals surface area contributed by atoms with E-state index < -0.39 is 11.8 Å². The van der Waals surface area contributed by atoms with Gasteiger partial charge < -0.3 is 20.5 Å². The molecule has 6 heteroatoms. The molecule has 0 bridgehead atoms. The lowest BCUT2D eigenvalue weighted by molar-refractivity contribution is 0.0527. The van der Waals surface area contributed by atoms with Crippen LogP contribution in [0.1, 0.15) is 37.0 Å². The maximum atomic E-state index is 14.1. The molecular formula is C15H21FN2O3. The van der Waals surface area contributed by atoms with Crippen LogP contribution in [0.5, 0.6) is 0 Å². The van der Waals surface area contributed by atoms with Gasteiger partial charge in [-0.15, -0.1) is 0 Å². The fourth-order valence-corrected chi connectivity index (χ4v) is 2.34. The molecular weight excluding hydrogens is 275 g/mol. The highest BCUT2D eigenvalue weighted by molar-refractivity contribution is 5.96. The van der Waals surface area contributed by atoms with Crippen molar-refractivity contribution < 1.29 is 18.7 Å². The van der Waals surface area contributed by atoms with Crippen LogP contribution in [0.3, 0.4) is 0 Å². The summed E-state index contributed by atoms with van der Waals surface area (Å²) >= 11 is 0. The number of anilines is 2. The Balaban J connectivity index is 2.26. The molecule has 21 heavy (non-hydrogen) atoms. The van der Waals surface area contributed by atoms with Crippen LogP contribution in [-0.2, 0) is 9.47 Å². The summed E-state index contributed by atoms with van der Waals surface area (Å²) in [5.41, 5.74) is 5.95. The topological polar surface area (TPSA) is 73.6 Å². The molecule has 3 N–H and O–H groups in total. The van der Waals surface area contributed by atoms with Crippen molar-refractivity contribution in [3.63, 3.8) is 0 Å². The standard InChI is InChI=1S/C15H21FN2O3/c1-3-21-14(19)10-8-13(11(16)9-12(10)17)18-15(2)4-6-20-7-5-15/h8-9,18H,3-7,17H2,1-2H3. The Morgan fingerprint density at radius 3 is 2.76 bits per heavy atom. The summed E-state index contributed by atoms with van der Waals surface area (Å²) in [5.74, 6) is -1.02. The number of nitrogens with two attached hydrogens (primary N) is 1. The number of esters is 1. The summed E-state index contributed by atoms with van der Waals surface area (Å²) in [7, 11) is 0. The third-order valence-corrected chi connectivity index (χ3v) is 3.67. The first-order valence-corrected chi connectivity index (χ1v) is 7.07. The number of hydrogen-bond donors (Lipinski definition) is 2. The molecule has 1 fully saturated rings. The Labute approximate surface area is 123 Å². The van der Waals surface area contributed by atoms with Crippen LogP contribution in [0.2, 0.25) is 0 Å². The van der Waals surface area contributed by atoms with E-state index >= 15 is 0 Å². The van der Waals surface area contributed by atoms with Crippen LogP contribution in [0, 0.1) is 5.82 Å². The zero-order valence-electron chi connectivity index (χ0n) is 12.4. The Kier molecular flexibility index (Phi) is 4.67. The smallest absolute Gasteiger partial charge is 0.340 e. The second kappa shape index (κ2) is 6.30. The lowest BCUT2D eigenvalue weighted by Gasteiger charge is -2.35. The average Bonchev–Trinajstić information content (AvgIpc) is 2.42. The Morgan fingerprint density at radius 1 is 1.48 bits per heavy atom. The summed E-state index contributed by atoms with van der Waals surface area (Å²) in [6, 6.07) is 2.57. The number of ether oxygens (including phenoxy) is 2. The molecule has 1 saturated heterocycles. The van der Waals surface area contributed by atoms with Crippen molar-refractivity contribution in [1.29, 1.82) is 0 Å². The van der Waals surface area contributed by atoms with Crippen molar-refractivity contribution in [2.45, 2.75) is 32.2 Å². The second-order valence-electron chi connectivity index (χ2n) is 5.44. The average molecular weight is 296 g/mol. The van der Waals surface area contributed by atoms with Crippen LogP contribution in [-0.4, -0.2) is 31.3 Å². The van der Waals surface area contributed by atoms with Gasteiger partial charge in [-0.1, -0.05) is 0 Å². The molecule has 0 unspecified atom stereocenters. The van der Waals surface area contributed by atoms with E-state index in [4.69, 9.17) is 15.2 Å². The highest BCUT2D eigenvalue weighted by atomic mass is 19.1. The van der Waals surface area contributed by atoms with Crippen molar-refractivity contribution in [2.24, 2.45) is 0 Å². The van der Waals surface area contributed by atoms with E-state index in [2.05, 4.69) is 5.32 Å². The first-order chi connectivity index (χ1) is 9.95. The number of nitrogens with one attached hydrogen (secondary N) is 1. The normalized spacial score (nSPS) is 17.3. The van der Waals surface area contributed by atoms with Crippen molar-refractivity contribution >= 4 is 17.3 Å². The van der Waals surface area contributed by atoms with E-state index in [9.17, 15) is 9.18 Å². The van der Waals surface area contributed by atoms with Gasteiger partial charge in [0.1, 0.15) is 5.82 Å². The van der Waals surface area contributed by atoms with Crippen LogP contribution in [0.4, 0.5) is 15.8 Å². The minimum Gasteiger partial charge on any atom is -0.462 e. The SMILES string of the molecule is CCOC(=O)c1cc(NC2(C)CCOCC2)c(F)cc1N. The maximum absolute atomic E-state index is 14.1. The Hall–Kier alpha value is -1.82. The molecule has 0 aliphatic carbocycles. The molecule has 0 radical (unpaired) electrons. The number of hydrogen-bond acceptors (Lipinski definition) is 5. The van der Waals surface area contributed by atoms with Gasteiger partial charge in [0.15, 0.2) is 0 Å². The van der Waals surface area contributed by atoms with Gasteiger partial charge in [0.05, 0.1) is 17.9 Å². The highest BCUT2D eigenvalue weighted by Crippen LogP contribution is 2.29. The molecule has 5 nitrogen and oxygen atoms in total. The summed E-state index contributed by atoms with van der Waals surface area (Å²) in [5, 5.41) is 3.17. The summed E-state index contributed by atoms with van der Waals surface area (Å²) in [6.07, 6.45) is 1.54. The molecule has 1 aliphatic heterocycles. The number of benzene rings is 1. The molecule has 1 aliphatic rings. The lowest BCUT2D eigenvalue weighted by Crippen LogP contribution is -2.41. The quantitative estimate of drug-likeness (QED) is 0.660. The van der Waals surface area contributed by atoms with Crippen LogP contribution in [0.25, 0.3) is 0 Å². The van der Waals surface area contributed by atoms with Crippen molar-refractivity contribution in [3.8, 4) is 0 Å². The van der Waals surface area contributed by atoms with Gasteiger partial charge in [-0.25, -0.2) is 9.18 Å². The number of carbonyl (C=O) groups is 1. The predicted molar refractivity (Wildman–Crippen MR) is 78.8 cm³/mol. The predicted octanol–water partition coefficient (Wildman–Crippen LogP) is 2.57. The molecule has 1 heterocycles. The second-order valence-corrected chi connectivity index (χ2v) is 5.44. The minimum absolute atomic E-state index is 0.0774. The molecule has 2 rings (SSSR count). The van der Waals surface area contributed by atoms with Crippen molar-refractivity contribution in [2.75, 3.05) is 30.9 Å². The Bertz CT molecular complexity index is 528. The van der Waals surface area contributed by atoms with Gasteiger partial charge in [-0.3, -0.25) is 0 Å². The zero-order valence-corrected chi connectivity index (χ0v) is 12.4. The molecule has 0 atom stereocenters. The van der Waals surface area contributed by atoms with Gasteiger partial charge in [-0.2, -0.15) is 0 Å². The van der Waals surface area contributed by atoms with Crippen molar-refractivity contribution in [3.05, 3.63) is 23.5 Å². The third kappa shape index (κ3) is 3.64. The highest BCUT2D eigenvalue weighted by Gasteiger charge is 2.28. The number of nitrogen functional groups attached to an aromatic ring is 1. The van der Waals surface area contributed by atoms with Crippen LogP contribution < -0.4 is 11.1 Å². The van der Waals surface area contributed by atoms with Gasteiger partial charge in [0, 0.05) is 24.4 Å². The number of halogens is 1. The summed E-state index contributed by atoms with van der Waals surface area (Å²) in [4.78, 5) is 11.8. The van der Waals surface area contributed by atoms with Gasteiger partial charge in [0.25, 0.3) is 0 Å². The van der Waals surface area contributed by atoms with Gasteiger partial charge >= 0.3 is 5.97 Å². The summed E-state index contributed by atoms with van der Waals surface area (Å²) < 4.78 is 24.3. The fourth-order valence-electron chi connectivity index (χ4n) is 2.34. The number of carbonyl (C=O) groups excluding carboxylic acids is 1.